The van der Waals surface area contributed by atoms with Crippen LogP contribution in [0.2, 0.25) is 0 Å². The minimum atomic E-state index is -0.459. The fraction of sp³-hybridized carbons (Fsp3) is 0.379. The molecule has 1 aromatic heterocycles. The van der Waals surface area contributed by atoms with Gasteiger partial charge in [0.15, 0.2) is 0 Å². The van der Waals surface area contributed by atoms with Gasteiger partial charge in [-0.05, 0) is 56.2 Å². The molecule has 174 valence electrons. The Bertz CT molecular complexity index is 1290. The van der Waals surface area contributed by atoms with E-state index in [1.165, 1.54) is 29.5 Å². The summed E-state index contributed by atoms with van der Waals surface area (Å²) >= 11 is 0. The topological polar surface area (TPSA) is 56.4 Å². The van der Waals surface area contributed by atoms with Crippen molar-refractivity contribution in [1.29, 1.82) is 0 Å². The second-order valence-corrected chi connectivity index (χ2v) is 10.0. The molecule has 1 saturated heterocycles. The normalized spacial score (nSPS) is 22.6. The second kappa shape index (κ2) is 8.46. The lowest BCUT2D eigenvalue weighted by molar-refractivity contribution is -0.158. The number of nitrogens with zero attached hydrogens (tertiary/aromatic N) is 2. The molecule has 0 bridgehead atoms. The number of nitrogens with one attached hydrogen (secondary N) is 1. The minimum Gasteiger partial charge on any atom is -0.356 e. The summed E-state index contributed by atoms with van der Waals surface area (Å²) in [4.78, 5) is 34.7. The first-order valence-corrected chi connectivity index (χ1v) is 12.5. The van der Waals surface area contributed by atoms with Crippen molar-refractivity contribution in [2.45, 2.75) is 57.5 Å². The Morgan fingerprint density at radius 2 is 1.85 bits per heavy atom. The van der Waals surface area contributed by atoms with Crippen molar-refractivity contribution in [3.63, 3.8) is 0 Å². The van der Waals surface area contributed by atoms with Crippen LogP contribution >= 0.6 is 0 Å². The summed E-state index contributed by atoms with van der Waals surface area (Å²) in [6.45, 7) is 2.87. The summed E-state index contributed by atoms with van der Waals surface area (Å²) in [5.41, 5.74) is 6.94. The molecule has 34 heavy (non-hydrogen) atoms. The molecule has 3 aliphatic rings. The largest absolute Gasteiger partial charge is 0.356 e. The van der Waals surface area contributed by atoms with Gasteiger partial charge in [0.1, 0.15) is 6.04 Å². The smallest absolute Gasteiger partial charge is 0.246 e. The van der Waals surface area contributed by atoms with Crippen LogP contribution in [0.5, 0.6) is 0 Å². The SMILES string of the molecule is Cc1ccc(C2c3[nH]c4ccccc4c3CC3C(=O)N(CCC4=CCCCC4)CC(=O)N32)cc1. The van der Waals surface area contributed by atoms with E-state index >= 15 is 0 Å². The number of aromatic amines is 1. The third-order valence-electron chi connectivity index (χ3n) is 7.82. The molecule has 1 aliphatic carbocycles. The zero-order valence-corrected chi connectivity index (χ0v) is 19.7. The molecule has 1 fully saturated rings. The summed E-state index contributed by atoms with van der Waals surface area (Å²) in [6, 6.07) is 15.9. The lowest BCUT2D eigenvalue weighted by atomic mass is 9.86. The zero-order chi connectivity index (χ0) is 23.2. The standard InChI is InChI=1S/C29H31N3O2/c1-19-11-13-21(14-12-19)28-27-23(22-9-5-6-10-24(22)30-27)17-25-29(34)31(18-26(33)32(25)28)16-15-20-7-3-2-4-8-20/h5-7,9-14,25,28,30H,2-4,8,15-18H2,1H3. The summed E-state index contributed by atoms with van der Waals surface area (Å²) in [5.74, 6) is 0.126. The molecule has 0 saturated carbocycles. The first-order valence-electron chi connectivity index (χ1n) is 12.5. The highest BCUT2D eigenvalue weighted by atomic mass is 16.2. The number of para-hydroxylation sites is 1. The van der Waals surface area contributed by atoms with Gasteiger partial charge in [0.05, 0.1) is 12.6 Å². The fourth-order valence-electron chi connectivity index (χ4n) is 6.02. The maximum atomic E-state index is 13.8. The van der Waals surface area contributed by atoms with Crippen LogP contribution in [0.15, 0.2) is 60.2 Å². The van der Waals surface area contributed by atoms with Crippen molar-refractivity contribution >= 4 is 22.7 Å². The summed E-state index contributed by atoms with van der Waals surface area (Å²) in [5, 5.41) is 1.15. The number of hydrogen-bond acceptors (Lipinski definition) is 2. The summed E-state index contributed by atoms with van der Waals surface area (Å²) in [7, 11) is 0. The number of allylic oxidation sites excluding steroid dienone is 1. The number of amides is 2. The fourth-order valence-corrected chi connectivity index (χ4v) is 6.02. The molecule has 2 unspecified atom stereocenters. The molecule has 3 heterocycles. The van der Waals surface area contributed by atoms with Crippen LogP contribution in [0.1, 0.15) is 60.5 Å². The third-order valence-corrected chi connectivity index (χ3v) is 7.82. The van der Waals surface area contributed by atoms with Crippen LogP contribution < -0.4 is 0 Å². The van der Waals surface area contributed by atoms with Crippen molar-refractivity contribution in [3.05, 3.63) is 82.6 Å². The Kier molecular flexibility index (Phi) is 5.28. The number of carbonyl (C=O) groups is 2. The van der Waals surface area contributed by atoms with Gasteiger partial charge in [0, 0.05) is 29.6 Å². The molecular weight excluding hydrogens is 422 g/mol. The van der Waals surface area contributed by atoms with E-state index in [-0.39, 0.29) is 24.4 Å². The molecule has 1 N–H and O–H groups in total. The van der Waals surface area contributed by atoms with Crippen molar-refractivity contribution < 1.29 is 9.59 Å². The number of aromatic nitrogens is 1. The highest BCUT2D eigenvalue weighted by Gasteiger charge is 2.48. The van der Waals surface area contributed by atoms with E-state index in [4.69, 9.17) is 0 Å². The Hall–Kier alpha value is -3.34. The van der Waals surface area contributed by atoms with Crippen LogP contribution in [-0.4, -0.2) is 45.7 Å². The quantitative estimate of drug-likeness (QED) is 0.562. The van der Waals surface area contributed by atoms with E-state index < -0.39 is 6.04 Å². The van der Waals surface area contributed by atoms with Gasteiger partial charge in [-0.1, -0.05) is 59.7 Å². The van der Waals surface area contributed by atoms with Crippen molar-refractivity contribution in [2.24, 2.45) is 0 Å². The van der Waals surface area contributed by atoms with Crippen molar-refractivity contribution in [1.82, 2.24) is 14.8 Å². The highest BCUT2D eigenvalue weighted by Crippen LogP contribution is 2.42. The highest BCUT2D eigenvalue weighted by molar-refractivity contribution is 5.97. The predicted octanol–water partition coefficient (Wildman–Crippen LogP) is 5.05. The predicted molar refractivity (Wildman–Crippen MR) is 133 cm³/mol. The number of benzene rings is 2. The number of aryl methyl sites for hydroxylation is 1. The van der Waals surface area contributed by atoms with Gasteiger partial charge >= 0.3 is 0 Å². The van der Waals surface area contributed by atoms with Gasteiger partial charge in [-0.15, -0.1) is 0 Å². The maximum absolute atomic E-state index is 13.8. The summed E-state index contributed by atoms with van der Waals surface area (Å²) < 4.78 is 0. The average Bonchev–Trinajstić information content (AvgIpc) is 3.24. The van der Waals surface area contributed by atoms with Gasteiger partial charge in [0.2, 0.25) is 11.8 Å². The Balaban J connectivity index is 1.38. The molecule has 2 amide bonds. The number of piperazine rings is 1. The molecule has 2 aromatic carbocycles. The molecular formula is C29H31N3O2. The van der Waals surface area contributed by atoms with E-state index in [1.54, 1.807) is 0 Å². The van der Waals surface area contributed by atoms with E-state index in [2.05, 4.69) is 54.4 Å². The average molecular weight is 454 g/mol. The summed E-state index contributed by atoms with van der Waals surface area (Å²) in [6.07, 6.45) is 8.53. The van der Waals surface area contributed by atoms with Gasteiger partial charge in [0.25, 0.3) is 0 Å². The van der Waals surface area contributed by atoms with Crippen LogP contribution in [0.3, 0.4) is 0 Å². The minimum absolute atomic E-state index is 0.0390. The van der Waals surface area contributed by atoms with Crippen LogP contribution in [0.25, 0.3) is 10.9 Å². The number of hydrogen-bond donors (Lipinski definition) is 1. The third kappa shape index (κ3) is 3.54. The number of carbonyl (C=O) groups excluding carboxylic acids is 2. The lowest BCUT2D eigenvalue weighted by Crippen LogP contribution is -2.63. The van der Waals surface area contributed by atoms with Crippen molar-refractivity contribution in [3.8, 4) is 0 Å². The number of fused-ring (bicyclic) bond motifs is 4. The Morgan fingerprint density at radius 3 is 2.65 bits per heavy atom. The molecule has 2 atom stereocenters. The zero-order valence-electron chi connectivity index (χ0n) is 19.7. The van der Waals surface area contributed by atoms with E-state index in [0.29, 0.717) is 13.0 Å². The first-order chi connectivity index (χ1) is 16.6. The van der Waals surface area contributed by atoms with E-state index in [9.17, 15) is 9.59 Å². The van der Waals surface area contributed by atoms with Crippen molar-refractivity contribution in [2.75, 3.05) is 13.1 Å². The first kappa shape index (κ1) is 21.2. The number of H-pyrrole nitrogens is 1. The molecule has 0 radical (unpaired) electrons. The van der Waals surface area contributed by atoms with E-state index in [0.717, 1.165) is 41.4 Å². The van der Waals surface area contributed by atoms with Gasteiger partial charge in [-0.25, -0.2) is 0 Å². The monoisotopic (exact) mass is 453 g/mol. The van der Waals surface area contributed by atoms with E-state index in [1.807, 2.05) is 21.9 Å². The Morgan fingerprint density at radius 1 is 1.03 bits per heavy atom. The molecule has 3 aromatic rings. The lowest BCUT2D eigenvalue weighted by Gasteiger charge is -2.47. The van der Waals surface area contributed by atoms with Crippen LogP contribution in [0, 0.1) is 6.92 Å². The Labute approximate surface area is 200 Å². The van der Waals surface area contributed by atoms with Crippen LogP contribution in [-0.2, 0) is 16.0 Å². The van der Waals surface area contributed by atoms with Gasteiger partial charge in [-0.2, -0.15) is 0 Å². The molecule has 0 spiro atoms. The molecule has 6 rings (SSSR count). The molecule has 5 nitrogen and oxygen atoms in total. The second-order valence-electron chi connectivity index (χ2n) is 10.0. The number of rotatable bonds is 4. The maximum Gasteiger partial charge on any atom is 0.246 e. The van der Waals surface area contributed by atoms with Crippen LogP contribution in [0.4, 0.5) is 0 Å². The van der Waals surface area contributed by atoms with Gasteiger partial charge in [-0.3, -0.25) is 9.59 Å². The molecule has 2 aliphatic heterocycles. The molecule has 5 heteroatoms. The van der Waals surface area contributed by atoms with Gasteiger partial charge < -0.3 is 14.8 Å².